The molecule has 2 heterocycles. The van der Waals surface area contributed by atoms with Crippen molar-refractivity contribution in [3.63, 3.8) is 0 Å². The molecule has 1 amide bonds. The third-order valence-corrected chi connectivity index (χ3v) is 3.78. The van der Waals surface area contributed by atoms with Crippen LogP contribution in [0.25, 0.3) is 0 Å². The number of hydrogen-bond donors (Lipinski definition) is 1. The maximum absolute atomic E-state index is 12.0. The summed E-state index contributed by atoms with van der Waals surface area (Å²) in [7, 11) is 0. The fraction of sp³-hybridized carbons (Fsp3) is 0.429. The van der Waals surface area contributed by atoms with Crippen molar-refractivity contribution in [1.82, 2.24) is 4.90 Å². The van der Waals surface area contributed by atoms with Crippen molar-refractivity contribution in [2.75, 3.05) is 6.54 Å². The molecule has 2 fully saturated rings. The first-order chi connectivity index (χ1) is 9.16. The van der Waals surface area contributed by atoms with Crippen molar-refractivity contribution in [3.05, 3.63) is 35.9 Å². The third-order valence-electron chi connectivity index (χ3n) is 3.78. The number of nitrogens with zero attached hydrogens (tertiary/aromatic N) is 1. The van der Waals surface area contributed by atoms with E-state index in [2.05, 4.69) is 0 Å². The topological polar surface area (TPSA) is 66.8 Å². The Labute approximate surface area is 110 Å². The average Bonchev–Trinajstić information content (AvgIpc) is 2.93. The summed E-state index contributed by atoms with van der Waals surface area (Å²) in [5.41, 5.74) is 0.505. The molecule has 0 spiro atoms. The Hall–Kier alpha value is -1.88. The van der Waals surface area contributed by atoms with Gasteiger partial charge in [-0.2, -0.15) is 0 Å². The molecule has 2 aliphatic rings. The first-order valence-corrected chi connectivity index (χ1v) is 6.41. The van der Waals surface area contributed by atoms with Crippen LogP contribution in [0.3, 0.4) is 0 Å². The zero-order valence-electron chi connectivity index (χ0n) is 10.4. The van der Waals surface area contributed by atoms with Crippen LogP contribution in [0.15, 0.2) is 30.3 Å². The van der Waals surface area contributed by atoms with E-state index in [-0.39, 0.29) is 24.0 Å². The Kier molecular flexibility index (Phi) is 2.98. The van der Waals surface area contributed by atoms with Crippen LogP contribution >= 0.6 is 0 Å². The number of benzene rings is 1. The SMILES string of the molecule is O=C(O[C@H]1CCN2C(=O)[C@H](O)C[C@H]12)c1ccccc1. The largest absolute Gasteiger partial charge is 0.457 e. The van der Waals surface area contributed by atoms with Crippen LogP contribution in [-0.2, 0) is 9.53 Å². The summed E-state index contributed by atoms with van der Waals surface area (Å²) in [6, 6.07) is 8.61. The van der Waals surface area contributed by atoms with E-state index < -0.39 is 6.10 Å². The van der Waals surface area contributed by atoms with E-state index in [1.165, 1.54) is 0 Å². The number of ether oxygens (including phenoxy) is 1. The summed E-state index contributed by atoms with van der Waals surface area (Å²) in [5.74, 6) is -0.621. The van der Waals surface area contributed by atoms with Gasteiger partial charge >= 0.3 is 5.97 Å². The number of hydrogen-bond acceptors (Lipinski definition) is 4. The van der Waals surface area contributed by atoms with Gasteiger partial charge < -0.3 is 14.7 Å². The minimum atomic E-state index is -0.941. The molecule has 0 aliphatic carbocycles. The highest BCUT2D eigenvalue weighted by atomic mass is 16.5. The van der Waals surface area contributed by atoms with Crippen molar-refractivity contribution in [1.29, 1.82) is 0 Å². The number of amides is 1. The summed E-state index contributed by atoms with van der Waals surface area (Å²) >= 11 is 0. The second-order valence-electron chi connectivity index (χ2n) is 4.95. The second kappa shape index (κ2) is 4.66. The number of esters is 1. The molecule has 100 valence electrons. The van der Waals surface area contributed by atoms with E-state index in [9.17, 15) is 14.7 Å². The maximum Gasteiger partial charge on any atom is 0.338 e. The predicted octanol–water partition coefficient (Wildman–Crippen LogP) is 0.577. The number of rotatable bonds is 2. The molecule has 3 rings (SSSR count). The summed E-state index contributed by atoms with van der Waals surface area (Å²) in [6.45, 7) is 0.549. The van der Waals surface area contributed by atoms with Gasteiger partial charge in [0.25, 0.3) is 5.91 Å². The maximum atomic E-state index is 12.0. The first kappa shape index (κ1) is 12.2. The van der Waals surface area contributed by atoms with Gasteiger partial charge in [-0.15, -0.1) is 0 Å². The highest BCUT2D eigenvalue weighted by Gasteiger charge is 2.48. The lowest BCUT2D eigenvalue weighted by Crippen LogP contribution is -2.34. The first-order valence-electron chi connectivity index (χ1n) is 6.41. The van der Waals surface area contributed by atoms with E-state index in [1.807, 2.05) is 6.07 Å². The van der Waals surface area contributed by atoms with Crippen LogP contribution in [-0.4, -0.2) is 46.7 Å². The highest BCUT2D eigenvalue weighted by molar-refractivity contribution is 5.89. The standard InChI is InChI=1S/C14H15NO4/c16-11-8-10-12(6-7-15(10)13(11)17)19-14(18)9-4-2-1-3-5-9/h1-5,10-12,16H,6-8H2/t10-,11-,12+/m1/s1. The van der Waals surface area contributed by atoms with Gasteiger partial charge in [-0.3, -0.25) is 4.79 Å². The van der Waals surface area contributed by atoms with Gasteiger partial charge in [-0.05, 0) is 12.1 Å². The van der Waals surface area contributed by atoms with Gasteiger partial charge in [0.05, 0.1) is 11.6 Å². The minimum Gasteiger partial charge on any atom is -0.457 e. The van der Waals surface area contributed by atoms with Crippen LogP contribution in [0, 0.1) is 0 Å². The Balaban J connectivity index is 1.69. The quantitative estimate of drug-likeness (QED) is 0.791. The Morgan fingerprint density at radius 2 is 2.05 bits per heavy atom. The van der Waals surface area contributed by atoms with Gasteiger partial charge in [0.1, 0.15) is 12.2 Å². The smallest absolute Gasteiger partial charge is 0.338 e. The van der Waals surface area contributed by atoms with Crippen LogP contribution in [0.1, 0.15) is 23.2 Å². The fourth-order valence-electron chi connectivity index (χ4n) is 2.82. The Morgan fingerprint density at radius 1 is 1.32 bits per heavy atom. The van der Waals surface area contributed by atoms with Crippen LogP contribution in [0.2, 0.25) is 0 Å². The van der Waals surface area contributed by atoms with Gasteiger partial charge in [0.2, 0.25) is 0 Å². The monoisotopic (exact) mass is 261 g/mol. The normalized spacial score (nSPS) is 29.4. The molecule has 19 heavy (non-hydrogen) atoms. The zero-order chi connectivity index (χ0) is 13.4. The number of fused-ring (bicyclic) bond motifs is 1. The fourth-order valence-corrected chi connectivity index (χ4v) is 2.82. The third kappa shape index (κ3) is 2.10. The Morgan fingerprint density at radius 3 is 2.79 bits per heavy atom. The summed E-state index contributed by atoms with van der Waals surface area (Å²) in [5, 5.41) is 9.54. The highest BCUT2D eigenvalue weighted by Crippen LogP contribution is 2.31. The molecule has 0 saturated carbocycles. The van der Waals surface area contributed by atoms with Gasteiger partial charge in [-0.1, -0.05) is 18.2 Å². The summed E-state index contributed by atoms with van der Waals surface area (Å²) in [4.78, 5) is 25.2. The molecule has 0 radical (unpaired) electrons. The molecule has 5 nitrogen and oxygen atoms in total. The van der Waals surface area contributed by atoms with Gasteiger partial charge in [0.15, 0.2) is 0 Å². The van der Waals surface area contributed by atoms with E-state index in [4.69, 9.17) is 4.74 Å². The molecular weight excluding hydrogens is 246 g/mol. The number of aliphatic hydroxyl groups is 1. The predicted molar refractivity (Wildman–Crippen MR) is 66.4 cm³/mol. The molecular formula is C14H15NO4. The van der Waals surface area contributed by atoms with Crippen LogP contribution in [0.5, 0.6) is 0 Å². The van der Waals surface area contributed by atoms with Gasteiger partial charge in [-0.25, -0.2) is 4.79 Å². The molecule has 1 N–H and O–H groups in total. The molecule has 0 unspecified atom stereocenters. The van der Waals surface area contributed by atoms with Crippen molar-refractivity contribution in [2.24, 2.45) is 0 Å². The molecule has 1 aromatic carbocycles. The number of carbonyl (C=O) groups excluding carboxylic acids is 2. The van der Waals surface area contributed by atoms with Crippen molar-refractivity contribution in [3.8, 4) is 0 Å². The lowest BCUT2D eigenvalue weighted by Gasteiger charge is -2.20. The molecule has 0 aromatic heterocycles. The van der Waals surface area contributed by atoms with Crippen molar-refractivity contribution >= 4 is 11.9 Å². The molecule has 3 atom stereocenters. The van der Waals surface area contributed by atoms with E-state index >= 15 is 0 Å². The van der Waals surface area contributed by atoms with Gasteiger partial charge in [0, 0.05) is 19.4 Å². The molecule has 2 aliphatic heterocycles. The number of carbonyl (C=O) groups is 2. The Bertz CT molecular complexity index is 501. The van der Waals surface area contributed by atoms with E-state index in [0.717, 1.165) is 0 Å². The summed E-state index contributed by atoms with van der Waals surface area (Å²) < 4.78 is 5.46. The lowest BCUT2D eigenvalue weighted by atomic mass is 10.1. The average molecular weight is 261 g/mol. The molecule has 0 bridgehead atoms. The van der Waals surface area contributed by atoms with Crippen LogP contribution in [0.4, 0.5) is 0 Å². The zero-order valence-corrected chi connectivity index (χ0v) is 10.4. The molecule has 1 aromatic rings. The number of aliphatic hydroxyl groups excluding tert-OH is 1. The second-order valence-corrected chi connectivity index (χ2v) is 4.95. The minimum absolute atomic E-state index is 0.171. The molecule has 2 saturated heterocycles. The van der Waals surface area contributed by atoms with E-state index in [0.29, 0.717) is 24.9 Å². The molecule has 5 heteroatoms. The van der Waals surface area contributed by atoms with E-state index in [1.54, 1.807) is 29.2 Å². The lowest BCUT2D eigenvalue weighted by molar-refractivity contribution is -0.134. The van der Waals surface area contributed by atoms with Crippen molar-refractivity contribution in [2.45, 2.75) is 31.1 Å². The summed E-state index contributed by atoms with van der Waals surface area (Å²) in [6.07, 6.45) is -0.259. The van der Waals surface area contributed by atoms with Crippen LogP contribution < -0.4 is 0 Å². The van der Waals surface area contributed by atoms with Crippen molar-refractivity contribution < 1.29 is 19.4 Å².